The van der Waals surface area contributed by atoms with E-state index in [9.17, 15) is 22.8 Å². The van der Waals surface area contributed by atoms with Crippen LogP contribution in [0.3, 0.4) is 0 Å². The summed E-state index contributed by atoms with van der Waals surface area (Å²) in [6, 6.07) is 20.5. The maximum absolute atomic E-state index is 13.6. The summed E-state index contributed by atoms with van der Waals surface area (Å²) < 4.78 is 39.9. The second-order valence-corrected chi connectivity index (χ2v) is 7.66. The summed E-state index contributed by atoms with van der Waals surface area (Å²) in [7, 11) is 0. The monoisotopic (exact) mass is 450 g/mol. The standard InChI is InChI=1S/C26H21F3N2O2/c1-3-30(20-9-5-4-6-10-20)23-22(18-14-12-17(2)13-15-18)24(32)31(25(23)33)21-11-7-8-19(16-21)26(27,28)29/h4-16H,3H2,1-2H3. The van der Waals surface area contributed by atoms with Crippen molar-refractivity contribution in [3.8, 4) is 0 Å². The minimum absolute atomic E-state index is 0.122. The smallest absolute Gasteiger partial charge is 0.337 e. The van der Waals surface area contributed by atoms with E-state index in [0.29, 0.717) is 17.8 Å². The number of anilines is 2. The zero-order chi connectivity index (χ0) is 23.8. The van der Waals surface area contributed by atoms with Gasteiger partial charge in [-0.05, 0) is 49.7 Å². The fraction of sp³-hybridized carbons (Fsp3) is 0.154. The predicted octanol–water partition coefficient (Wildman–Crippen LogP) is 5.82. The number of carbonyl (C=O) groups excluding carboxylic acids is 2. The summed E-state index contributed by atoms with van der Waals surface area (Å²) in [6.45, 7) is 4.12. The lowest BCUT2D eigenvalue weighted by molar-refractivity contribution is -0.137. The van der Waals surface area contributed by atoms with E-state index < -0.39 is 23.6 Å². The molecule has 0 bridgehead atoms. The molecule has 0 spiro atoms. The number of nitrogens with zero attached hydrogens (tertiary/aromatic N) is 2. The number of aryl methyl sites for hydroxylation is 1. The SMILES string of the molecule is CCN(C1=C(c2ccc(C)cc2)C(=O)N(c2cccc(C(F)(F)F)c2)C1=O)c1ccccc1. The number of hydrogen-bond acceptors (Lipinski definition) is 3. The number of benzene rings is 3. The van der Waals surface area contributed by atoms with Gasteiger partial charge in [-0.1, -0.05) is 54.1 Å². The highest BCUT2D eigenvalue weighted by Gasteiger charge is 2.43. The fourth-order valence-corrected chi connectivity index (χ4v) is 3.88. The van der Waals surface area contributed by atoms with Gasteiger partial charge in [0.15, 0.2) is 0 Å². The molecular weight excluding hydrogens is 429 g/mol. The fourth-order valence-electron chi connectivity index (χ4n) is 3.88. The van der Waals surface area contributed by atoms with E-state index in [1.807, 2.05) is 56.3 Å². The van der Waals surface area contributed by atoms with Crippen LogP contribution in [-0.2, 0) is 15.8 Å². The molecule has 168 valence electrons. The Morgan fingerprint density at radius 1 is 0.848 bits per heavy atom. The van der Waals surface area contributed by atoms with Crippen LogP contribution in [0.15, 0.2) is 84.6 Å². The molecule has 0 atom stereocenters. The Morgan fingerprint density at radius 2 is 1.52 bits per heavy atom. The Bertz CT molecular complexity index is 1230. The van der Waals surface area contributed by atoms with Crippen LogP contribution in [0.1, 0.15) is 23.6 Å². The van der Waals surface area contributed by atoms with Gasteiger partial charge in [0, 0.05) is 12.2 Å². The summed E-state index contributed by atoms with van der Waals surface area (Å²) in [4.78, 5) is 29.7. The summed E-state index contributed by atoms with van der Waals surface area (Å²) >= 11 is 0. The largest absolute Gasteiger partial charge is 0.416 e. The Morgan fingerprint density at radius 3 is 2.12 bits per heavy atom. The number of imide groups is 1. The molecule has 33 heavy (non-hydrogen) atoms. The predicted molar refractivity (Wildman–Crippen MR) is 121 cm³/mol. The summed E-state index contributed by atoms with van der Waals surface area (Å²) in [5.74, 6) is -1.33. The molecule has 0 radical (unpaired) electrons. The van der Waals surface area contributed by atoms with E-state index in [2.05, 4.69) is 0 Å². The topological polar surface area (TPSA) is 40.6 Å². The van der Waals surface area contributed by atoms with Gasteiger partial charge in [-0.25, -0.2) is 4.90 Å². The van der Waals surface area contributed by atoms with Gasteiger partial charge in [-0.15, -0.1) is 0 Å². The molecule has 3 aromatic rings. The number of amides is 2. The average Bonchev–Trinajstić information content (AvgIpc) is 3.05. The molecule has 0 N–H and O–H groups in total. The minimum atomic E-state index is -4.60. The van der Waals surface area contributed by atoms with Crippen LogP contribution in [-0.4, -0.2) is 18.4 Å². The van der Waals surface area contributed by atoms with Crippen LogP contribution in [0.2, 0.25) is 0 Å². The van der Waals surface area contributed by atoms with Gasteiger partial charge in [0.25, 0.3) is 11.8 Å². The van der Waals surface area contributed by atoms with Crippen LogP contribution in [0.5, 0.6) is 0 Å². The lowest BCUT2D eigenvalue weighted by Gasteiger charge is -2.25. The summed E-state index contributed by atoms with van der Waals surface area (Å²) in [6.07, 6.45) is -4.60. The third-order valence-electron chi connectivity index (χ3n) is 5.49. The first-order valence-corrected chi connectivity index (χ1v) is 10.4. The molecule has 0 aromatic heterocycles. The highest BCUT2D eigenvalue weighted by Crippen LogP contribution is 2.38. The first kappa shape index (κ1) is 22.3. The number of rotatable bonds is 5. The van der Waals surface area contributed by atoms with E-state index in [1.54, 1.807) is 17.0 Å². The molecule has 4 nitrogen and oxygen atoms in total. The zero-order valence-corrected chi connectivity index (χ0v) is 18.1. The molecule has 0 saturated carbocycles. The van der Waals surface area contributed by atoms with E-state index in [0.717, 1.165) is 22.6 Å². The Hall–Kier alpha value is -3.87. The molecule has 0 aliphatic carbocycles. The maximum Gasteiger partial charge on any atom is 0.416 e. The van der Waals surface area contributed by atoms with Gasteiger partial charge in [-0.3, -0.25) is 9.59 Å². The number of para-hydroxylation sites is 1. The second kappa shape index (κ2) is 8.58. The van der Waals surface area contributed by atoms with Crippen molar-refractivity contribution in [1.82, 2.24) is 0 Å². The average molecular weight is 450 g/mol. The molecule has 0 fully saturated rings. The lowest BCUT2D eigenvalue weighted by Crippen LogP contribution is -2.35. The van der Waals surface area contributed by atoms with Crippen LogP contribution in [0.4, 0.5) is 24.5 Å². The highest BCUT2D eigenvalue weighted by molar-refractivity contribution is 6.46. The second-order valence-electron chi connectivity index (χ2n) is 7.66. The number of carbonyl (C=O) groups is 2. The number of halogens is 3. The first-order valence-electron chi connectivity index (χ1n) is 10.4. The maximum atomic E-state index is 13.6. The quantitative estimate of drug-likeness (QED) is 0.460. The molecule has 1 aliphatic rings. The van der Waals surface area contributed by atoms with Crippen molar-refractivity contribution < 1.29 is 22.8 Å². The Labute approximate surface area is 189 Å². The highest BCUT2D eigenvalue weighted by atomic mass is 19.4. The molecule has 0 unspecified atom stereocenters. The molecule has 1 aliphatic heterocycles. The van der Waals surface area contributed by atoms with E-state index in [-0.39, 0.29) is 17.0 Å². The van der Waals surface area contributed by atoms with Crippen LogP contribution in [0.25, 0.3) is 5.57 Å². The van der Waals surface area contributed by atoms with E-state index >= 15 is 0 Å². The third-order valence-corrected chi connectivity index (χ3v) is 5.49. The third kappa shape index (κ3) is 4.14. The number of hydrogen-bond donors (Lipinski definition) is 0. The first-order chi connectivity index (χ1) is 15.7. The van der Waals surface area contributed by atoms with Gasteiger partial charge in [0.05, 0.1) is 16.8 Å². The lowest BCUT2D eigenvalue weighted by atomic mass is 10.0. The summed E-state index contributed by atoms with van der Waals surface area (Å²) in [5, 5.41) is 0. The van der Waals surface area contributed by atoms with Crippen molar-refractivity contribution in [3.05, 3.63) is 101 Å². The Balaban J connectivity index is 1.89. The van der Waals surface area contributed by atoms with Crippen LogP contribution >= 0.6 is 0 Å². The minimum Gasteiger partial charge on any atom is -0.337 e. The number of likely N-dealkylation sites (N-methyl/N-ethyl adjacent to an activating group) is 1. The van der Waals surface area contributed by atoms with E-state index in [4.69, 9.17) is 0 Å². The molecule has 2 amide bonds. The van der Waals surface area contributed by atoms with Crippen LogP contribution < -0.4 is 9.80 Å². The van der Waals surface area contributed by atoms with Crippen molar-refractivity contribution in [2.75, 3.05) is 16.3 Å². The van der Waals surface area contributed by atoms with Crippen molar-refractivity contribution in [3.63, 3.8) is 0 Å². The Kier molecular flexibility index (Phi) is 5.80. The molecule has 1 heterocycles. The summed E-state index contributed by atoms with van der Waals surface area (Å²) in [5.41, 5.74) is 1.44. The molecule has 4 rings (SSSR count). The van der Waals surface area contributed by atoms with Crippen molar-refractivity contribution in [1.29, 1.82) is 0 Å². The van der Waals surface area contributed by atoms with Crippen molar-refractivity contribution >= 4 is 28.8 Å². The van der Waals surface area contributed by atoms with Gasteiger partial charge >= 0.3 is 6.18 Å². The van der Waals surface area contributed by atoms with Gasteiger partial charge in [-0.2, -0.15) is 13.2 Å². The van der Waals surface area contributed by atoms with Crippen molar-refractivity contribution in [2.24, 2.45) is 0 Å². The van der Waals surface area contributed by atoms with E-state index in [1.165, 1.54) is 12.1 Å². The zero-order valence-electron chi connectivity index (χ0n) is 18.1. The van der Waals surface area contributed by atoms with Gasteiger partial charge in [0.2, 0.25) is 0 Å². The molecule has 0 saturated heterocycles. The molecule has 7 heteroatoms. The molecule has 3 aromatic carbocycles. The molecular formula is C26H21F3N2O2. The van der Waals surface area contributed by atoms with Crippen molar-refractivity contribution in [2.45, 2.75) is 20.0 Å². The normalized spacial score (nSPS) is 14.3. The van der Waals surface area contributed by atoms with Crippen LogP contribution in [0, 0.1) is 6.92 Å². The van der Waals surface area contributed by atoms with Gasteiger partial charge in [0.1, 0.15) is 5.70 Å². The number of alkyl halides is 3. The van der Waals surface area contributed by atoms with Gasteiger partial charge < -0.3 is 4.90 Å².